The number of nitriles is 1. The number of aromatic nitrogens is 2. The third-order valence-electron chi connectivity index (χ3n) is 11.7. The third-order valence-corrected chi connectivity index (χ3v) is 13.8. The van der Waals surface area contributed by atoms with Gasteiger partial charge in [0, 0.05) is 36.5 Å². The molecule has 362 valence electrons. The van der Waals surface area contributed by atoms with Crippen molar-refractivity contribution in [2.24, 2.45) is 0 Å². The molecule has 1 fully saturated rings. The van der Waals surface area contributed by atoms with E-state index in [0.717, 1.165) is 16.7 Å². The van der Waals surface area contributed by atoms with Gasteiger partial charge in [0.05, 0.1) is 45.5 Å². The average Bonchev–Trinajstić information content (AvgIpc) is 3.73. The second-order valence-corrected chi connectivity index (χ2v) is 18.2. The first-order chi connectivity index (χ1) is 34.0. The zero-order valence-corrected chi connectivity index (χ0v) is 41.2. The summed E-state index contributed by atoms with van der Waals surface area (Å²) in [6.45, 7) is 8.21. The van der Waals surface area contributed by atoms with Crippen LogP contribution in [0.2, 0.25) is 0 Å². The predicted molar refractivity (Wildman–Crippen MR) is 268 cm³/mol. The maximum atomic E-state index is 14.5. The molecule has 5 aromatic carbocycles. The van der Waals surface area contributed by atoms with Gasteiger partial charge in [-0.3, -0.25) is 9.36 Å². The van der Waals surface area contributed by atoms with Crippen LogP contribution < -0.4 is 20.5 Å². The molecule has 14 nitrogen and oxygen atoms in total. The van der Waals surface area contributed by atoms with Crippen molar-refractivity contribution in [2.45, 2.75) is 76.3 Å². The van der Waals surface area contributed by atoms with Crippen LogP contribution in [0.1, 0.15) is 78.5 Å². The first-order valence-corrected chi connectivity index (χ1v) is 24.1. The molecule has 1 saturated heterocycles. The number of hydrogen-bond donors (Lipinski definition) is 1. The summed E-state index contributed by atoms with van der Waals surface area (Å²) in [7, 11) is 2.89. The highest BCUT2D eigenvalue weighted by molar-refractivity contribution is 7.44. The minimum Gasteiger partial charge on any atom is -0.497 e. The van der Waals surface area contributed by atoms with Crippen molar-refractivity contribution in [2.75, 3.05) is 39.9 Å². The van der Waals surface area contributed by atoms with Crippen molar-refractivity contribution in [3.8, 4) is 29.4 Å². The van der Waals surface area contributed by atoms with Gasteiger partial charge in [-0.2, -0.15) is 10.2 Å². The van der Waals surface area contributed by atoms with Gasteiger partial charge >= 0.3 is 5.69 Å². The molecule has 0 saturated carbocycles. The van der Waals surface area contributed by atoms with Crippen LogP contribution in [0, 0.1) is 23.2 Å². The SMILES string of the molecule is COc1ccc(C(OC[C@H]2O[C@@H](n3cc(C#Cc4ccccc4)c(NC(=O)c4ccccc4)nc3=O)[C@H](OC)[C@@H]2OP(OCCC#N)N(C(C)C)C(C)C)(c2ccccc2)c2ccc(OC)cc2)cc1. The van der Waals surface area contributed by atoms with Crippen LogP contribution in [-0.4, -0.2) is 85.1 Å². The highest BCUT2D eigenvalue weighted by Crippen LogP contribution is 2.51. The van der Waals surface area contributed by atoms with Gasteiger partial charge in [0.15, 0.2) is 12.0 Å². The van der Waals surface area contributed by atoms with Crippen molar-refractivity contribution in [1.29, 1.82) is 5.26 Å². The molecule has 1 amide bonds. The van der Waals surface area contributed by atoms with Crippen LogP contribution >= 0.6 is 8.53 Å². The Morgan fingerprint density at radius 3 is 1.89 bits per heavy atom. The fourth-order valence-corrected chi connectivity index (χ4v) is 10.2. The number of carbonyl (C=O) groups excluding carboxylic acids is 1. The van der Waals surface area contributed by atoms with Gasteiger partial charge < -0.3 is 38.0 Å². The van der Waals surface area contributed by atoms with Crippen molar-refractivity contribution in [3.05, 3.63) is 190 Å². The van der Waals surface area contributed by atoms with Gasteiger partial charge in [-0.05, 0) is 92.9 Å². The highest BCUT2D eigenvalue weighted by atomic mass is 31.2. The standard InChI is InChI=1S/C55H58N5O9P/c1-38(2)60(39(3)4)70(67-35-17-34-56)69-49-48(37-66-55(43-22-15-10-16-23-43,44-26-30-46(63-5)31-27-44)45-28-32-47(64-6)33-29-45)68-53(50(49)65-7)59-36-42(25-24-40-18-11-8-12-19-40)51(58-54(59)62)57-52(61)41-20-13-9-14-21-41/h8-16,18-23,26-33,36,38-39,48-50,53H,17,35,37H2,1-7H3,(H,57,58,61,62)/t48-,49-,50-,53-,70?/m1/s1. The molecule has 0 aliphatic carbocycles. The summed E-state index contributed by atoms with van der Waals surface area (Å²) in [5.74, 6) is 7.13. The van der Waals surface area contributed by atoms with Crippen LogP contribution in [0.3, 0.4) is 0 Å². The predicted octanol–water partition coefficient (Wildman–Crippen LogP) is 9.49. The molecule has 15 heteroatoms. The summed E-state index contributed by atoms with van der Waals surface area (Å²) in [5, 5.41) is 12.4. The van der Waals surface area contributed by atoms with E-state index in [0.29, 0.717) is 22.6 Å². The Bertz CT molecular complexity index is 2740. The highest BCUT2D eigenvalue weighted by Gasteiger charge is 2.51. The van der Waals surface area contributed by atoms with Crippen molar-refractivity contribution < 1.29 is 37.5 Å². The Morgan fingerprint density at radius 1 is 0.786 bits per heavy atom. The molecule has 70 heavy (non-hydrogen) atoms. The van der Waals surface area contributed by atoms with E-state index in [1.165, 1.54) is 17.9 Å². The number of methoxy groups -OCH3 is 3. The van der Waals surface area contributed by atoms with Crippen molar-refractivity contribution >= 4 is 20.3 Å². The number of nitrogens with one attached hydrogen (secondary N) is 1. The molecular weight excluding hydrogens is 906 g/mol. The van der Waals surface area contributed by atoms with Gasteiger partial charge in [-0.15, -0.1) is 0 Å². The van der Waals surface area contributed by atoms with Gasteiger partial charge in [-0.1, -0.05) is 103 Å². The fourth-order valence-electron chi connectivity index (χ4n) is 8.39. The van der Waals surface area contributed by atoms with Gasteiger partial charge in [-0.25, -0.2) is 9.46 Å². The van der Waals surface area contributed by atoms with Gasteiger partial charge in [0.1, 0.15) is 35.4 Å². The number of nitrogens with zero attached hydrogens (tertiary/aromatic N) is 4. The van der Waals surface area contributed by atoms with Crippen LogP contribution in [0.5, 0.6) is 11.5 Å². The third kappa shape index (κ3) is 11.8. The van der Waals surface area contributed by atoms with E-state index in [-0.39, 0.29) is 43.1 Å². The molecule has 0 radical (unpaired) electrons. The topological polar surface area (TPSA) is 156 Å². The lowest BCUT2D eigenvalue weighted by atomic mass is 9.80. The quantitative estimate of drug-likeness (QED) is 0.0335. The molecule has 0 spiro atoms. The molecule has 1 aromatic heterocycles. The second-order valence-electron chi connectivity index (χ2n) is 16.8. The lowest BCUT2D eigenvalue weighted by molar-refractivity contribution is -0.0957. The first-order valence-electron chi connectivity index (χ1n) is 23.0. The maximum Gasteiger partial charge on any atom is 0.351 e. The van der Waals surface area contributed by atoms with Gasteiger partial charge in [0.25, 0.3) is 14.4 Å². The van der Waals surface area contributed by atoms with Gasteiger partial charge in [0.2, 0.25) is 0 Å². The van der Waals surface area contributed by atoms with Crippen LogP contribution in [-0.2, 0) is 28.9 Å². The maximum absolute atomic E-state index is 14.5. The normalized spacial score (nSPS) is 17.2. The molecule has 0 bridgehead atoms. The van der Waals surface area contributed by atoms with E-state index in [4.69, 9.17) is 32.7 Å². The largest absolute Gasteiger partial charge is 0.497 e. The number of rotatable bonds is 20. The Labute approximate surface area is 411 Å². The number of benzene rings is 5. The van der Waals surface area contributed by atoms with Crippen molar-refractivity contribution in [3.63, 3.8) is 0 Å². The number of carbonyl (C=O) groups is 1. The molecule has 1 N–H and O–H groups in total. The molecule has 2 heterocycles. The summed E-state index contributed by atoms with van der Waals surface area (Å²) in [4.78, 5) is 32.4. The zero-order valence-electron chi connectivity index (χ0n) is 40.4. The summed E-state index contributed by atoms with van der Waals surface area (Å²) in [6.07, 6.45) is -2.33. The van der Waals surface area contributed by atoms with Crippen LogP contribution in [0.4, 0.5) is 5.82 Å². The Balaban J connectivity index is 1.37. The summed E-state index contributed by atoms with van der Waals surface area (Å²) < 4.78 is 48.9. The molecule has 6 aromatic rings. The second kappa shape index (κ2) is 24.2. The molecule has 7 rings (SSSR count). The number of ether oxygens (including phenoxy) is 5. The first kappa shape index (κ1) is 51.1. The average molecular weight is 964 g/mol. The monoisotopic (exact) mass is 963 g/mol. The number of amides is 1. The molecule has 1 unspecified atom stereocenters. The Kier molecular flexibility index (Phi) is 17.7. The van der Waals surface area contributed by atoms with E-state index in [1.54, 1.807) is 44.6 Å². The van der Waals surface area contributed by atoms with Crippen LogP contribution in [0.15, 0.2) is 151 Å². The lowest BCUT2D eigenvalue weighted by Gasteiger charge is -2.39. The summed E-state index contributed by atoms with van der Waals surface area (Å²) in [5.41, 5.74) is 1.75. The summed E-state index contributed by atoms with van der Waals surface area (Å²) >= 11 is 0. The van der Waals surface area contributed by atoms with Crippen molar-refractivity contribution in [1.82, 2.24) is 14.2 Å². The molecule has 5 atom stereocenters. The van der Waals surface area contributed by atoms with E-state index < -0.39 is 50.3 Å². The smallest absolute Gasteiger partial charge is 0.351 e. The zero-order chi connectivity index (χ0) is 49.6. The van der Waals surface area contributed by atoms with Crippen LogP contribution in [0.25, 0.3) is 0 Å². The fraction of sp³-hybridized carbons (Fsp3) is 0.309. The van der Waals surface area contributed by atoms with E-state index >= 15 is 0 Å². The molecule has 1 aliphatic heterocycles. The summed E-state index contributed by atoms with van der Waals surface area (Å²) in [6, 6.07) is 45.3. The minimum absolute atomic E-state index is 0.0243. The molecular formula is C55H58N5O9P. The minimum atomic E-state index is -1.87. The van der Waals surface area contributed by atoms with E-state index in [2.05, 4.69) is 32.9 Å². The Morgan fingerprint density at radius 2 is 1.34 bits per heavy atom. The number of hydrogen-bond acceptors (Lipinski definition) is 12. The molecule has 1 aliphatic rings. The Hall–Kier alpha value is -6.71. The number of anilines is 1. The van der Waals surface area contributed by atoms with E-state index in [1.807, 2.05) is 137 Å². The van der Waals surface area contributed by atoms with E-state index in [9.17, 15) is 14.9 Å². The lowest BCUT2D eigenvalue weighted by Crippen LogP contribution is -2.43.